The minimum atomic E-state index is 0.516. The summed E-state index contributed by atoms with van der Waals surface area (Å²) in [5.41, 5.74) is 2.60. The fraction of sp³-hybridized carbons (Fsp3) is 0.750. The van der Waals surface area contributed by atoms with Gasteiger partial charge in [-0.1, -0.05) is 90.2 Å². The van der Waals surface area contributed by atoms with Gasteiger partial charge >= 0.3 is 0 Å². The van der Waals surface area contributed by atoms with E-state index in [4.69, 9.17) is 0 Å². The molecule has 1 aliphatic rings. The Morgan fingerprint density at radius 3 is 1.77 bits per heavy atom. The number of epoxide rings is 1. The Balaban J connectivity index is 0.00000101. The molecule has 26 heavy (non-hydrogen) atoms. The van der Waals surface area contributed by atoms with Crippen LogP contribution in [0.4, 0.5) is 0 Å². The summed E-state index contributed by atoms with van der Waals surface area (Å²) in [6, 6.07) is 6.09. The number of hydrogen-bond donors (Lipinski definition) is 1. The van der Waals surface area contributed by atoms with Gasteiger partial charge in [0.25, 0.3) is 0 Å². The number of phenolic OH excluding ortho intramolecular Hbond substituents is 1. The van der Waals surface area contributed by atoms with Gasteiger partial charge in [0.2, 0.25) is 0 Å². The summed E-state index contributed by atoms with van der Waals surface area (Å²) in [6.45, 7) is 6.53. The lowest BCUT2D eigenvalue weighted by atomic mass is 9.95. The number of unbranched alkanes of at least 4 members (excludes halogenated alkanes) is 10. The molecule has 1 aromatic rings. The van der Waals surface area contributed by atoms with E-state index in [1.54, 1.807) is 0 Å². The Morgan fingerprint density at radius 1 is 0.731 bits per heavy atom. The van der Waals surface area contributed by atoms with Crippen LogP contribution in [0.15, 0.2) is 18.2 Å². The smallest absolute Gasteiger partial charge is 0.119 e. The van der Waals surface area contributed by atoms with E-state index in [1.807, 2.05) is 12.1 Å². The van der Waals surface area contributed by atoms with Crippen LogP contribution in [0.1, 0.15) is 102 Å². The van der Waals surface area contributed by atoms with Gasteiger partial charge in [-0.3, -0.25) is 0 Å². The SMILES string of the molecule is C1CO1.CCCCCCCCc1cccc(O)c1CCCCCCCC. The Hall–Kier alpha value is -1.02. The van der Waals surface area contributed by atoms with Crippen LogP contribution in [0.25, 0.3) is 0 Å². The first-order chi connectivity index (χ1) is 12.8. The number of rotatable bonds is 14. The number of benzene rings is 1. The minimum absolute atomic E-state index is 0.516. The molecule has 0 bridgehead atoms. The second-order valence-corrected chi connectivity index (χ2v) is 7.56. The molecule has 2 rings (SSSR count). The molecule has 0 aromatic heterocycles. The molecule has 1 aromatic carbocycles. The first-order valence-electron chi connectivity index (χ1n) is 11.2. The Labute approximate surface area is 162 Å². The quantitative estimate of drug-likeness (QED) is 0.280. The highest BCUT2D eigenvalue weighted by atomic mass is 16.6. The standard InChI is InChI=1S/C22H38O.C2H4O/c1-3-5-7-9-11-13-16-20-17-15-19-22(23)21(20)18-14-12-10-8-6-4-2;1-2-3-1/h15,17,19,23H,3-14,16,18H2,1-2H3;1-2H2. The van der Waals surface area contributed by atoms with E-state index in [9.17, 15) is 5.11 Å². The second kappa shape index (κ2) is 16.2. The van der Waals surface area contributed by atoms with Crippen LogP contribution in [-0.4, -0.2) is 18.3 Å². The van der Waals surface area contributed by atoms with E-state index in [-0.39, 0.29) is 0 Å². The van der Waals surface area contributed by atoms with Crippen LogP contribution in [0, 0.1) is 0 Å². The Bertz CT molecular complexity index is 437. The van der Waals surface area contributed by atoms with Crippen molar-refractivity contribution in [1.29, 1.82) is 0 Å². The molecule has 2 nitrogen and oxygen atoms in total. The van der Waals surface area contributed by atoms with Gasteiger partial charge in [-0.25, -0.2) is 0 Å². The van der Waals surface area contributed by atoms with Gasteiger partial charge in [-0.05, 0) is 42.9 Å². The largest absolute Gasteiger partial charge is 0.508 e. The normalized spacial score (nSPS) is 12.5. The van der Waals surface area contributed by atoms with E-state index in [2.05, 4.69) is 24.7 Å². The average molecular weight is 363 g/mol. The van der Waals surface area contributed by atoms with Gasteiger partial charge in [0.1, 0.15) is 5.75 Å². The maximum absolute atomic E-state index is 10.2. The lowest BCUT2D eigenvalue weighted by Gasteiger charge is -2.12. The van der Waals surface area contributed by atoms with E-state index < -0.39 is 0 Å². The predicted octanol–water partition coefficient (Wildman–Crippen LogP) is 7.21. The van der Waals surface area contributed by atoms with Gasteiger partial charge in [0, 0.05) is 0 Å². The monoisotopic (exact) mass is 362 g/mol. The van der Waals surface area contributed by atoms with Gasteiger partial charge in [-0.2, -0.15) is 0 Å². The Morgan fingerprint density at radius 2 is 1.23 bits per heavy atom. The minimum Gasteiger partial charge on any atom is -0.508 e. The highest BCUT2D eigenvalue weighted by molar-refractivity contribution is 5.39. The lowest BCUT2D eigenvalue weighted by molar-refractivity contribution is 0.464. The van der Waals surface area contributed by atoms with Crippen molar-refractivity contribution >= 4 is 0 Å². The van der Waals surface area contributed by atoms with Crippen molar-refractivity contribution in [1.82, 2.24) is 0 Å². The van der Waals surface area contributed by atoms with E-state index in [0.29, 0.717) is 5.75 Å². The fourth-order valence-corrected chi connectivity index (χ4v) is 3.32. The third-order valence-electron chi connectivity index (χ3n) is 5.03. The molecule has 0 atom stereocenters. The highest BCUT2D eigenvalue weighted by Gasteiger charge is 2.07. The summed E-state index contributed by atoms with van der Waals surface area (Å²) in [7, 11) is 0. The summed E-state index contributed by atoms with van der Waals surface area (Å²) in [5, 5.41) is 10.2. The van der Waals surface area contributed by atoms with Crippen LogP contribution < -0.4 is 0 Å². The number of aryl methyl sites for hydroxylation is 1. The van der Waals surface area contributed by atoms with Crippen molar-refractivity contribution in [3.63, 3.8) is 0 Å². The van der Waals surface area contributed by atoms with Crippen molar-refractivity contribution in [2.24, 2.45) is 0 Å². The van der Waals surface area contributed by atoms with Crippen molar-refractivity contribution in [3.8, 4) is 5.75 Å². The van der Waals surface area contributed by atoms with Crippen molar-refractivity contribution in [2.45, 2.75) is 104 Å². The topological polar surface area (TPSA) is 32.8 Å². The molecule has 2 heteroatoms. The molecule has 0 spiro atoms. The zero-order valence-electron chi connectivity index (χ0n) is 17.4. The number of ether oxygens (including phenoxy) is 1. The summed E-state index contributed by atoms with van der Waals surface area (Å²) < 4.78 is 4.50. The molecule has 0 saturated carbocycles. The average Bonchev–Trinajstić information content (AvgIpc) is 3.52. The maximum Gasteiger partial charge on any atom is 0.119 e. The van der Waals surface area contributed by atoms with Gasteiger partial charge < -0.3 is 9.84 Å². The van der Waals surface area contributed by atoms with E-state index in [1.165, 1.54) is 88.2 Å². The van der Waals surface area contributed by atoms with E-state index in [0.717, 1.165) is 26.1 Å². The third-order valence-corrected chi connectivity index (χ3v) is 5.03. The fourth-order valence-electron chi connectivity index (χ4n) is 3.32. The third kappa shape index (κ3) is 12.4. The van der Waals surface area contributed by atoms with E-state index >= 15 is 0 Å². The molecular formula is C24H42O2. The molecule has 1 N–H and O–H groups in total. The first-order valence-corrected chi connectivity index (χ1v) is 11.2. The number of phenols is 1. The molecule has 0 aliphatic carbocycles. The van der Waals surface area contributed by atoms with Crippen LogP contribution in [0.3, 0.4) is 0 Å². The molecular weight excluding hydrogens is 320 g/mol. The molecule has 1 fully saturated rings. The zero-order valence-corrected chi connectivity index (χ0v) is 17.4. The van der Waals surface area contributed by atoms with Crippen LogP contribution in [-0.2, 0) is 17.6 Å². The lowest BCUT2D eigenvalue weighted by Crippen LogP contribution is -1.96. The molecule has 1 heterocycles. The molecule has 150 valence electrons. The maximum atomic E-state index is 10.2. The molecule has 0 unspecified atom stereocenters. The molecule has 0 amide bonds. The van der Waals surface area contributed by atoms with Crippen molar-refractivity contribution < 1.29 is 9.84 Å². The molecule has 1 aliphatic heterocycles. The van der Waals surface area contributed by atoms with Crippen LogP contribution in [0.5, 0.6) is 5.75 Å². The first kappa shape index (κ1) is 23.0. The van der Waals surface area contributed by atoms with Crippen molar-refractivity contribution in [3.05, 3.63) is 29.3 Å². The van der Waals surface area contributed by atoms with Gasteiger partial charge in [-0.15, -0.1) is 0 Å². The highest BCUT2D eigenvalue weighted by Crippen LogP contribution is 2.25. The zero-order chi connectivity index (χ0) is 18.9. The van der Waals surface area contributed by atoms with Gasteiger partial charge in [0.15, 0.2) is 0 Å². The number of hydrogen-bond acceptors (Lipinski definition) is 2. The number of aromatic hydroxyl groups is 1. The summed E-state index contributed by atoms with van der Waals surface area (Å²) in [6.07, 6.45) is 18.1. The van der Waals surface area contributed by atoms with Crippen molar-refractivity contribution in [2.75, 3.05) is 13.2 Å². The summed E-state index contributed by atoms with van der Waals surface area (Å²) >= 11 is 0. The second-order valence-electron chi connectivity index (χ2n) is 7.56. The van der Waals surface area contributed by atoms with Crippen LogP contribution >= 0.6 is 0 Å². The van der Waals surface area contributed by atoms with Gasteiger partial charge in [0.05, 0.1) is 13.2 Å². The summed E-state index contributed by atoms with van der Waals surface area (Å²) in [5.74, 6) is 0.516. The molecule has 1 saturated heterocycles. The molecule has 0 radical (unpaired) electrons. The Kier molecular flexibility index (Phi) is 14.3. The predicted molar refractivity (Wildman–Crippen MR) is 113 cm³/mol. The summed E-state index contributed by atoms with van der Waals surface area (Å²) in [4.78, 5) is 0. The van der Waals surface area contributed by atoms with Crippen LogP contribution in [0.2, 0.25) is 0 Å².